The van der Waals surface area contributed by atoms with Crippen LogP contribution in [0.5, 0.6) is 0 Å². The molecule has 0 fully saturated rings. The van der Waals surface area contributed by atoms with Crippen molar-refractivity contribution in [3.63, 3.8) is 0 Å². The lowest BCUT2D eigenvalue weighted by Gasteiger charge is -2.19. The molecule has 0 bridgehead atoms. The van der Waals surface area contributed by atoms with Gasteiger partial charge in [0.25, 0.3) is 0 Å². The number of hydrogen-bond donors (Lipinski definition) is 2. The summed E-state index contributed by atoms with van der Waals surface area (Å²) in [7, 11) is -4.41. The zero-order valence-electron chi connectivity index (χ0n) is 63.3. The fraction of sp³-hybridized carbons (Fsp3) is 0.747. The SMILES string of the molecule is CC/C=C\C/C=C\C/C=C\C/C=C\C/C=C\C/C=C\C/C=C\C/C=C\C/C=C\CCCCCCCCCCCC(=O)OC(COC(=O)CCCCCCCCCCCCCCCCCCCCCCCCCCCCC/C=C\CCCCCCCCCC)COP(=O)(O)OCCN. The van der Waals surface area contributed by atoms with Crippen LogP contribution in [0.3, 0.4) is 0 Å². The smallest absolute Gasteiger partial charge is 0.462 e. The van der Waals surface area contributed by atoms with E-state index < -0.39 is 26.5 Å². The molecule has 0 spiro atoms. The lowest BCUT2D eigenvalue weighted by molar-refractivity contribution is -0.161. The van der Waals surface area contributed by atoms with Crippen LogP contribution in [0.2, 0.25) is 0 Å². The standard InChI is InChI=1S/C87H154NO8P/c1-3-5-7-9-11-13-15-17-19-21-23-25-27-29-31-33-35-37-39-41-42-44-45-47-49-51-53-55-57-59-61-63-65-67-69-71-73-75-77-79-86(89)93-83-85(84-95-97(91,92)94-82-81-88)96-87(90)80-78-76-74-72-70-68-66-64-62-60-58-56-54-52-50-48-46-43-40-38-36-34-32-30-28-26-24-22-20-18-16-14-12-10-8-6-4-2/h6,8,12,14,18,20-21,23-24,26,30,32,36,38,43,46,50,52,56,58,85H,3-5,7,9-11,13,15-17,19,22,25,27-29,31,33-35,37,39-42,44-45,47-49,51,53-55,57,59-84,88H2,1-2H3,(H,91,92)/b8-6-,14-12-,20-18-,23-21-,26-24-,32-30-,38-36-,46-43-,52-50-,58-56-. The van der Waals surface area contributed by atoms with Crippen LogP contribution < -0.4 is 5.73 Å². The van der Waals surface area contributed by atoms with Gasteiger partial charge in [0.15, 0.2) is 6.10 Å². The van der Waals surface area contributed by atoms with Crippen LogP contribution in [0.1, 0.15) is 386 Å². The monoisotopic (exact) mass is 1370 g/mol. The Morgan fingerprint density at radius 3 is 0.856 bits per heavy atom. The van der Waals surface area contributed by atoms with Crippen molar-refractivity contribution in [2.45, 2.75) is 392 Å². The molecule has 0 aromatic rings. The molecular weight excluding hydrogens is 1220 g/mol. The molecule has 0 radical (unpaired) electrons. The summed E-state index contributed by atoms with van der Waals surface area (Å²) in [6.07, 6.45) is 115. The summed E-state index contributed by atoms with van der Waals surface area (Å²) >= 11 is 0. The minimum absolute atomic E-state index is 0.0489. The molecule has 2 unspecified atom stereocenters. The molecule has 3 N–H and O–H groups in total. The maximum atomic E-state index is 12.8. The summed E-state index contributed by atoms with van der Waals surface area (Å²) in [6.45, 7) is 3.67. The van der Waals surface area contributed by atoms with E-state index in [0.29, 0.717) is 6.42 Å². The molecule has 0 amide bonds. The average molecular weight is 1370 g/mol. The highest BCUT2D eigenvalue weighted by atomic mass is 31.2. The first kappa shape index (κ1) is 93.4. The molecule has 0 rings (SSSR count). The highest BCUT2D eigenvalue weighted by Gasteiger charge is 2.26. The van der Waals surface area contributed by atoms with Crippen LogP contribution in [0.4, 0.5) is 0 Å². The molecule has 2 atom stereocenters. The summed E-state index contributed by atoms with van der Waals surface area (Å²) in [6, 6.07) is 0. The number of nitrogens with two attached hydrogens (primary N) is 1. The van der Waals surface area contributed by atoms with E-state index >= 15 is 0 Å². The molecule has 0 aromatic heterocycles. The molecule has 0 saturated heterocycles. The predicted octanol–water partition coefficient (Wildman–Crippen LogP) is 27.8. The largest absolute Gasteiger partial charge is 0.472 e. The molecular formula is C87H154NO8P. The Morgan fingerprint density at radius 2 is 0.567 bits per heavy atom. The third-order valence-corrected chi connectivity index (χ3v) is 18.8. The van der Waals surface area contributed by atoms with Gasteiger partial charge in [-0.25, -0.2) is 4.57 Å². The van der Waals surface area contributed by atoms with Gasteiger partial charge in [-0.2, -0.15) is 0 Å². The number of esters is 2. The van der Waals surface area contributed by atoms with E-state index in [-0.39, 0.29) is 38.6 Å². The number of allylic oxidation sites excluding steroid dienone is 20. The minimum atomic E-state index is -4.41. The van der Waals surface area contributed by atoms with Gasteiger partial charge in [-0.1, -0.05) is 386 Å². The second kappa shape index (κ2) is 81.4. The zero-order chi connectivity index (χ0) is 70.0. The van der Waals surface area contributed by atoms with Gasteiger partial charge in [0.05, 0.1) is 13.2 Å². The number of unbranched alkanes of at least 4 members (excludes halogenated alkanes) is 44. The number of ether oxygens (including phenoxy) is 2. The third-order valence-electron chi connectivity index (χ3n) is 17.8. The minimum Gasteiger partial charge on any atom is -0.462 e. The number of carbonyl (C=O) groups is 2. The van der Waals surface area contributed by atoms with E-state index in [1.807, 2.05) is 0 Å². The Kier molecular flexibility index (Phi) is 78.4. The summed E-state index contributed by atoms with van der Waals surface area (Å²) in [4.78, 5) is 35.5. The van der Waals surface area contributed by atoms with E-state index in [9.17, 15) is 19.0 Å². The van der Waals surface area contributed by atoms with E-state index in [1.54, 1.807) is 0 Å². The predicted molar refractivity (Wildman–Crippen MR) is 422 cm³/mol. The summed E-state index contributed by atoms with van der Waals surface area (Å²) in [5.41, 5.74) is 5.42. The lowest BCUT2D eigenvalue weighted by atomic mass is 10.0. The Hall–Kier alpha value is -3.59. The van der Waals surface area contributed by atoms with Gasteiger partial charge >= 0.3 is 19.8 Å². The Labute approximate surface area is 600 Å². The van der Waals surface area contributed by atoms with Crippen LogP contribution in [0.15, 0.2) is 122 Å². The normalized spacial score (nSPS) is 13.5. The quantitative estimate of drug-likeness (QED) is 0.0264. The first-order valence-electron chi connectivity index (χ1n) is 41.0. The van der Waals surface area contributed by atoms with Crippen molar-refractivity contribution in [3.8, 4) is 0 Å². The number of rotatable bonds is 77. The van der Waals surface area contributed by atoms with Crippen LogP contribution in [0, 0.1) is 0 Å². The fourth-order valence-electron chi connectivity index (χ4n) is 11.8. The number of phosphoric acid groups is 1. The van der Waals surface area contributed by atoms with E-state index in [0.717, 1.165) is 103 Å². The number of carbonyl (C=O) groups excluding carboxylic acids is 2. The lowest BCUT2D eigenvalue weighted by Crippen LogP contribution is -2.29. The zero-order valence-corrected chi connectivity index (χ0v) is 64.2. The molecule has 9 nitrogen and oxygen atoms in total. The van der Waals surface area contributed by atoms with Crippen molar-refractivity contribution in [1.29, 1.82) is 0 Å². The average Bonchev–Trinajstić information content (AvgIpc) is 2.17. The van der Waals surface area contributed by atoms with Crippen molar-refractivity contribution in [3.05, 3.63) is 122 Å². The van der Waals surface area contributed by atoms with Gasteiger partial charge in [0.2, 0.25) is 0 Å². The van der Waals surface area contributed by atoms with Crippen LogP contribution >= 0.6 is 7.82 Å². The van der Waals surface area contributed by atoms with Crippen molar-refractivity contribution < 1.29 is 37.6 Å². The molecule has 0 heterocycles. The summed E-state index contributed by atoms with van der Waals surface area (Å²) < 4.78 is 33.3. The fourth-order valence-corrected chi connectivity index (χ4v) is 12.6. The van der Waals surface area contributed by atoms with Gasteiger partial charge in [-0.15, -0.1) is 0 Å². The molecule has 10 heteroatoms. The highest BCUT2D eigenvalue weighted by Crippen LogP contribution is 2.43. The molecule has 560 valence electrons. The van der Waals surface area contributed by atoms with Crippen molar-refractivity contribution in [1.82, 2.24) is 0 Å². The molecule has 0 aliphatic heterocycles. The van der Waals surface area contributed by atoms with Gasteiger partial charge in [0, 0.05) is 19.4 Å². The first-order chi connectivity index (χ1) is 47.8. The number of phosphoric ester groups is 1. The van der Waals surface area contributed by atoms with Crippen molar-refractivity contribution >= 4 is 19.8 Å². The van der Waals surface area contributed by atoms with E-state index in [4.69, 9.17) is 24.3 Å². The summed E-state index contributed by atoms with van der Waals surface area (Å²) in [5, 5.41) is 0. The van der Waals surface area contributed by atoms with Gasteiger partial charge < -0.3 is 20.1 Å². The Balaban J connectivity index is 3.83. The molecule has 0 saturated carbocycles. The van der Waals surface area contributed by atoms with Crippen LogP contribution in [-0.2, 0) is 32.7 Å². The maximum absolute atomic E-state index is 12.8. The molecule has 97 heavy (non-hydrogen) atoms. The topological polar surface area (TPSA) is 134 Å². The Morgan fingerprint density at radius 1 is 0.320 bits per heavy atom. The first-order valence-corrected chi connectivity index (χ1v) is 42.5. The van der Waals surface area contributed by atoms with Crippen molar-refractivity contribution in [2.24, 2.45) is 5.73 Å². The van der Waals surface area contributed by atoms with E-state index in [1.165, 1.54) is 250 Å². The second-order valence-electron chi connectivity index (χ2n) is 27.3. The Bertz CT molecular complexity index is 2020. The van der Waals surface area contributed by atoms with Gasteiger partial charge in [-0.05, 0) is 109 Å². The summed E-state index contributed by atoms with van der Waals surface area (Å²) in [5.74, 6) is -0.825. The van der Waals surface area contributed by atoms with Gasteiger partial charge in [-0.3, -0.25) is 18.6 Å². The van der Waals surface area contributed by atoms with E-state index in [2.05, 4.69) is 135 Å². The van der Waals surface area contributed by atoms with Crippen LogP contribution in [0.25, 0.3) is 0 Å². The number of hydrogen-bond acceptors (Lipinski definition) is 8. The highest BCUT2D eigenvalue weighted by molar-refractivity contribution is 7.47. The van der Waals surface area contributed by atoms with Gasteiger partial charge in [0.1, 0.15) is 6.61 Å². The molecule has 0 aliphatic rings. The van der Waals surface area contributed by atoms with Crippen molar-refractivity contribution in [2.75, 3.05) is 26.4 Å². The maximum Gasteiger partial charge on any atom is 0.472 e. The second-order valence-corrected chi connectivity index (χ2v) is 28.7. The van der Waals surface area contributed by atoms with Crippen LogP contribution in [-0.4, -0.2) is 49.3 Å². The molecule has 0 aromatic carbocycles. The molecule has 0 aliphatic carbocycles. The third kappa shape index (κ3) is 81.3.